The summed E-state index contributed by atoms with van der Waals surface area (Å²) in [6, 6.07) is 17.8. The molecule has 0 saturated carbocycles. The van der Waals surface area contributed by atoms with E-state index in [0.717, 1.165) is 17.5 Å². The van der Waals surface area contributed by atoms with Gasteiger partial charge in [0.05, 0.1) is 18.7 Å². The molecule has 2 atom stereocenters. The highest BCUT2D eigenvalue weighted by Crippen LogP contribution is 2.34. The van der Waals surface area contributed by atoms with Gasteiger partial charge in [0.1, 0.15) is 18.2 Å². The number of nitrogens with zero attached hydrogens (tertiary/aromatic N) is 2. The van der Waals surface area contributed by atoms with Crippen molar-refractivity contribution in [1.29, 1.82) is 0 Å². The minimum atomic E-state index is -0.560. The Morgan fingerprint density at radius 1 is 1.17 bits per heavy atom. The monoisotopic (exact) mass is 496 g/mol. The fraction of sp³-hybridized carbons (Fsp3) is 0.393. The van der Waals surface area contributed by atoms with E-state index in [-0.39, 0.29) is 30.4 Å². The lowest BCUT2D eigenvalue weighted by Crippen LogP contribution is -2.49. The van der Waals surface area contributed by atoms with Gasteiger partial charge in [0.2, 0.25) is 5.91 Å². The Bertz CT molecular complexity index is 1090. The molecule has 1 aliphatic heterocycles. The van der Waals surface area contributed by atoms with Crippen LogP contribution >= 0.6 is 11.3 Å². The summed E-state index contributed by atoms with van der Waals surface area (Å²) in [5, 5.41) is 12.8. The molecule has 1 amide bonds. The van der Waals surface area contributed by atoms with Crippen LogP contribution in [0, 0.1) is 5.82 Å². The number of aliphatic hydroxyl groups is 1. The van der Waals surface area contributed by atoms with Crippen molar-refractivity contribution < 1.29 is 19.0 Å². The van der Waals surface area contributed by atoms with Gasteiger partial charge in [-0.05, 0) is 73.5 Å². The van der Waals surface area contributed by atoms with E-state index in [2.05, 4.69) is 11.4 Å². The Morgan fingerprint density at radius 3 is 2.63 bits per heavy atom. The van der Waals surface area contributed by atoms with Gasteiger partial charge in [-0.15, -0.1) is 11.3 Å². The van der Waals surface area contributed by atoms with Crippen LogP contribution in [0.5, 0.6) is 5.75 Å². The lowest BCUT2D eigenvalue weighted by atomic mass is 10.00. The second-order valence-corrected chi connectivity index (χ2v) is 10.3. The Hall–Kier alpha value is -2.74. The number of carbonyl (C=O) groups is 1. The van der Waals surface area contributed by atoms with Crippen molar-refractivity contribution in [1.82, 2.24) is 9.80 Å². The van der Waals surface area contributed by atoms with Crippen LogP contribution in [0.3, 0.4) is 0 Å². The van der Waals surface area contributed by atoms with Gasteiger partial charge in [-0.1, -0.05) is 30.3 Å². The summed E-state index contributed by atoms with van der Waals surface area (Å²) in [7, 11) is 0. The number of amides is 1. The molecule has 1 N–H and O–H groups in total. The van der Waals surface area contributed by atoms with Crippen molar-refractivity contribution in [3.63, 3.8) is 0 Å². The first-order chi connectivity index (χ1) is 16.9. The number of hydrogen-bond acceptors (Lipinski definition) is 5. The van der Waals surface area contributed by atoms with E-state index >= 15 is 0 Å². The van der Waals surface area contributed by atoms with Crippen molar-refractivity contribution in [2.45, 2.75) is 44.9 Å². The molecule has 0 spiro atoms. The molecule has 1 aliphatic rings. The largest absolute Gasteiger partial charge is 0.491 e. The number of rotatable bonds is 10. The molecule has 0 aliphatic carbocycles. The topological polar surface area (TPSA) is 53.0 Å². The van der Waals surface area contributed by atoms with Crippen LogP contribution in [-0.4, -0.2) is 59.2 Å². The molecule has 4 rings (SSSR count). The standard InChI is InChI=1S/C28H33FN2O3S/c1-20(2)30(17-23(32)16-21-6-4-3-5-7-21)18-28(33)31-14-12-27-25(13-15-35-27)26(31)19-34-24-10-8-22(29)9-11-24/h3-11,13,15,20,23,26,32H,12,14,16-19H2,1-2H3/t23-,26-/m1/s1. The molecule has 0 unspecified atom stereocenters. The molecule has 7 heteroatoms. The van der Waals surface area contributed by atoms with Gasteiger partial charge in [0.15, 0.2) is 0 Å². The third-order valence-corrected chi connectivity index (χ3v) is 7.46. The number of thiophene rings is 1. The number of hydrogen-bond donors (Lipinski definition) is 1. The van der Waals surface area contributed by atoms with Gasteiger partial charge in [-0.3, -0.25) is 9.69 Å². The number of halogens is 1. The minimum absolute atomic E-state index is 0.0233. The minimum Gasteiger partial charge on any atom is -0.491 e. The maximum absolute atomic E-state index is 13.6. The average Bonchev–Trinajstić information content (AvgIpc) is 3.33. The molecule has 186 valence electrons. The predicted molar refractivity (Wildman–Crippen MR) is 137 cm³/mol. The summed E-state index contributed by atoms with van der Waals surface area (Å²) >= 11 is 1.71. The molecule has 0 saturated heterocycles. The fourth-order valence-electron chi connectivity index (χ4n) is 4.52. The van der Waals surface area contributed by atoms with E-state index in [9.17, 15) is 14.3 Å². The summed E-state index contributed by atoms with van der Waals surface area (Å²) in [5.74, 6) is 0.291. The number of fused-ring (bicyclic) bond motifs is 1. The molecule has 2 heterocycles. The molecule has 0 radical (unpaired) electrons. The number of aliphatic hydroxyl groups excluding tert-OH is 1. The molecule has 3 aromatic rings. The number of carbonyl (C=O) groups excluding carboxylic acids is 1. The SMILES string of the molecule is CC(C)N(CC(=O)N1CCc2sccc2[C@H]1COc1ccc(F)cc1)C[C@H](O)Cc1ccccc1. The zero-order valence-corrected chi connectivity index (χ0v) is 21.1. The number of benzene rings is 2. The van der Waals surface area contributed by atoms with Gasteiger partial charge < -0.3 is 14.7 Å². The first-order valence-corrected chi connectivity index (χ1v) is 13.0. The first kappa shape index (κ1) is 25.4. The Balaban J connectivity index is 1.43. The lowest BCUT2D eigenvalue weighted by Gasteiger charge is -2.38. The van der Waals surface area contributed by atoms with Gasteiger partial charge >= 0.3 is 0 Å². The van der Waals surface area contributed by atoms with Gasteiger partial charge in [0, 0.05) is 24.0 Å². The van der Waals surface area contributed by atoms with E-state index in [1.807, 2.05) is 54.0 Å². The van der Waals surface area contributed by atoms with Crippen LogP contribution < -0.4 is 4.74 Å². The zero-order chi connectivity index (χ0) is 24.8. The quantitative estimate of drug-likeness (QED) is 0.442. The summed E-state index contributed by atoms with van der Waals surface area (Å²) < 4.78 is 19.3. The van der Waals surface area contributed by atoms with E-state index < -0.39 is 6.10 Å². The molecular weight excluding hydrogens is 463 g/mol. The predicted octanol–water partition coefficient (Wildman–Crippen LogP) is 4.71. The lowest BCUT2D eigenvalue weighted by molar-refractivity contribution is -0.137. The summed E-state index contributed by atoms with van der Waals surface area (Å²) in [5.41, 5.74) is 2.20. The fourth-order valence-corrected chi connectivity index (χ4v) is 5.45. The van der Waals surface area contributed by atoms with Crippen LogP contribution in [0.1, 0.15) is 35.9 Å². The smallest absolute Gasteiger partial charge is 0.237 e. The molecular formula is C28H33FN2O3S. The maximum Gasteiger partial charge on any atom is 0.237 e. The number of ether oxygens (including phenoxy) is 1. The Morgan fingerprint density at radius 2 is 1.91 bits per heavy atom. The summed E-state index contributed by atoms with van der Waals surface area (Å²) in [4.78, 5) is 18.8. The maximum atomic E-state index is 13.6. The molecule has 2 aromatic carbocycles. The van der Waals surface area contributed by atoms with Crippen molar-refractivity contribution in [2.75, 3.05) is 26.2 Å². The van der Waals surface area contributed by atoms with Crippen LogP contribution in [0.25, 0.3) is 0 Å². The molecule has 0 fully saturated rings. The first-order valence-electron chi connectivity index (χ1n) is 12.1. The van der Waals surface area contributed by atoms with E-state index in [1.54, 1.807) is 23.5 Å². The highest BCUT2D eigenvalue weighted by molar-refractivity contribution is 7.10. The van der Waals surface area contributed by atoms with Crippen LogP contribution in [0.4, 0.5) is 4.39 Å². The van der Waals surface area contributed by atoms with E-state index in [1.165, 1.54) is 17.0 Å². The van der Waals surface area contributed by atoms with Crippen LogP contribution in [0.2, 0.25) is 0 Å². The van der Waals surface area contributed by atoms with Crippen LogP contribution in [-0.2, 0) is 17.6 Å². The highest BCUT2D eigenvalue weighted by atomic mass is 32.1. The summed E-state index contributed by atoms with van der Waals surface area (Å²) in [6.45, 7) is 5.68. The van der Waals surface area contributed by atoms with E-state index in [0.29, 0.717) is 31.9 Å². The van der Waals surface area contributed by atoms with E-state index in [4.69, 9.17) is 4.74 Å². The van der Waals surface area contributed by atoms with Crippen molar-refractivity contribution >= 4 is 17.2 Å². The second-order valence-electron chi connectivity index (χ2n) is 9.28. The molecule has 0 bridgehead atoms. The van der Waals surface area contributed by atoms with Crippen LogP contribution in [0.15, 0.2) is 66.0 Å². The van der Waals surface area contributed by atoms with Crippen molar-refractivity contribution in [3.05, 3.63) is 87.9 Å². The van der Waals surface area contributed by atoms with Gasteiger partial charge in [-0.25, -0.2) is 4.39 Å². The van der Waals surface area contributed by atoms with Gasteiger partial charge in [-0.2, -0.15) is 0 Å². The third kappa shape index (κ3) is 6.69. The Kier molecular flexibility index (Phi) is 8.55. The molecule has 1 aromatic heterocycles. The third-order valence-electron chi connectivity index (χ3n) is 6.46. The van der Waals surface area contributed by atoms with Crippen molar-refractivity contribution in [2.24, 2.45) is 0 Å². The Labute approximate surface area is 210 Å². The average molecular weight is 497 g/mol. The normalized spacial score (nSPS) is 16.4. The summed E-state index contributed by atoms with van der Waals surface area (Å²) in [6.07, 6.45) is 0.813. The second kappa shape index (κ2) is 11.8. The van der Waals surface area contributed by atoms with Crippen molar-refractivity contribution in [3.8, 4) is 5.75 Å². The molecule has 5 nitrogen and oxygen atoms in total. The highest BCUT2D eigenvalue weighted by Gasteiger charge is 2.33. The van der Waals surface area contributed by atoms with Gasteiger partial charge in [0.25, 0.3) is 0 Å². The zero-order valence-electron chi connectivity index (χ0n) is 20.3. The molecule has 35 heavy (non-hydrogen) atoms.